The average molecular weight is 365 g/mol. The summed E-state index contributed by atoms with van der Waals surface area (Å²) in [6.45, 7) is 0.504. The maximum atomic E-state index is 12.6. The molecule has 0 saturated carbocycles. The number of halogens is 2. The van der Waals surface area contributed by atoms with Crippen molar-refractivity contribution in [2.75, 3.05) is 11.9 Å². The maximum absolute atomic E-state index is 12.6. The first kappa shape index (κ1) is 16.7. The van der Waals surface area contributed by atoms with Gasteiger partial charge in [-0.2, -0.15) is 0 Å². The van der Waals surface area contributed by atoms with Crippen molar-refractivity contribution in [2.45, 2.75) is 18.9 Å². The predicted molar refractivity (Wildman–Crippen MR) is 91.2 cm³/mol. The molecule has 0 spiro atoms. The summed E-state index contributed by atoms with van der Waals surface area (Å²) in [5.74, 6) is -0.576. The molecule has 1 aromatic heterocycles. The van der Waals surface area contributed by atoms with Gasteiger partial charge in [0.2, 0.25) is 5.91 Å². The number of hydrogen-bond acceptors (Lipinski definition) is 4. The van der Waals surface area contributed by atoms with Gasteiger partial charge in [-0.05, 0) is 31.0 Å². The van der Waals surface area contributed by atoms with Crippen molar-refractivity contribution in [3.63, 3.8) is 0 Å². The van der Waals surface area contributed by atoms with E-state index in [1.54, 1.807) is 18.2 Å². The number of anilines is 1. The van der Waals surface area contributed by atoms with E-state index in [0.717, 1.165) is 6.42 Å². The van der Waals surface area contributed by atoms with Crippen LogP contribution in [-0.4, -0.2) is 39.3 Å². The summed E-state index contributed by atoms with van der Waals surface area (Å²) < 4.78 is 0. The van der Waals surface area contributed by atoms with Crippen molar-refractivity contribution in [1.82, 2.24) is 14.9 Å². The molecular formula is C16H14Cl2N4O2. The van der Waals surface area contributed by atoms with Crippen molar-refractivity contribution in [2.24, 2.45) is 0 Å². The zero-order valence-corrected chi connectivity index (χ0v) is 14.1. The van der Waals surface area contributed by atoms with Crippen LogP contribution in [0, 0.1) is 0 Å². The highest BCUT2D eigenvalue weighted by Gasteiger charge is 2.35. The molecule has 1 unspecified atom stereocenters. The molecule has 1 fully saturated rings. The zero-order valence-electron chi connectivity index (χ0n) is 12.6. The Labute approximate surface area is 148 Å². The van der Waals surface area contributed by atoms with Crippen LogP contribution in [0.2, 0.25) is 10.0 Å². The molecular weight excluding hydrogens is 351 g/mol. The van der Waals surface area contributed by atoms with Gasteiger partial charge in [-0.25, -0.2) is 4.98 Å². The van der Waals surface area contributed by atoms with Crippen molar-refractivity contribution in [3.05, 3.63) is 52.5 Å². The van der Waals surface area contributed by atoms with E-state index in [1.165, 1.54) is 23.5 Å². The number of nitrogens with one attached hydrogen (secondary N) is 1. The average Bonchev–Trinajstić information content (AvgIpc) is 3.03. The lowest BCUT2D eigenvalue weighted by Crippen LogP contribution is -2.43. The van der Waals surface area contributed by atoms with Crippen molar-refractivity contribution in [3.8, 4) is 0 Å². The van der Waals surface area contributed by atoms with Crippen LogP contribution in [0.5, 0.6) is 0 Å². The van der Waals surface area contributed by atoms with Crippen LogP contribution in [0.15, 0.2) is 36.8 Å². The SMILES string of the molecule is O=C(Nc1cc(Cl)cc(Cl)c1)C1CCCN1C(=O)c1cnccn1. The van der Waals surface area contributed by atoms with Gasteiger partial charge in [-0.3, -0.25) is 14.6 Å². The van der Waals surface area contributed by atoms with Gasteiger partial charge in [-0.1, -0.05) is 23.2 Å². The normalized spacial score (nSPS) is 16.9. The van der Waals surface area contributed by atoms with Gasteiger partial charge in [0.05, 0.1) is 6.20 Å². The largest absolute Gasteiger partial charge is 0.325 e. The van der Waals surface area contributed by atoms with Crippen LogP contribution in [-0.2, 0) is 4.79 Å². The van der Waals surface area contributed by atoms with Crippen LogP contribution in [0.4, 0.5) is 5.69 Å². The molecule has 0 bridgehead atoms. The molecule has 1 aromatic carbocycles. The van der Waals surface area contributed by atoms with Crippen LogP contribution in [0.3, 0.4) is 0 Å². The van der Waals surface area contributed by atoms with Gasteiger partial charge in [-0.15, -0.1) is 0 Å². The van der Waals surface area contributed by atoms with E-state index in [-0.39, 0.29) is 17.5 Å². The molecule has 1 aliphatic rings. The Morgan fingerprint density at radius 3 is 2.58 bits per heavy atom. The number of nitrogens with zero attached hydrogens (tertiary/aromatic N) is 3. The van der Waals surface area contributed by atoms with E-state index in [2.05, 4.69) is 15.3 Å². The summed E-state index contributed by atoms with van der Waals surface area (Å²) in [5, 5.41) is 3.62. The lowest BCUT2D eigenvalue weighted by atomic mass is 10.2. The minimum Gasteiger partial charge on any atom is -0.325 e. The molecule has 6 nitrogen and oxygen atoms in total. The Hall–Kier alpha value is -2.18. The number of aromatic nitrogens is 2. The van der Waals surface area contributed by atoms with Crippen molar-refractivity contribution in [1.29, 1.82) is 0 Å². The van der Waals surface area contributed by atoms with Crippen LogP contribution in [0.1, 0.15) is 23.3 Å². The highest BCUT2D eigenvalue weighted by atomic mass is 35.5. The monoisotopic (exact) mass is 364 g/mol. The number of likely N-dealkylation sites (tertiary alicyclic amines) is 1. The Morgan fingerprint density at radius 1 is 1.17 bits per heavy atom. The fraction of sp³-hybridized carbons (Fsp3) is 0.250. The smallest absolute Gasteiger partial charge is 0.274 e. The summed E-state index contributed by atoms with van der Waals surface area (Å²) >= 11 is 11.9. The third-order valence-corrected chi connectivity index (χ3v) is 4.17. The Bertz CT molecular complexity index is 750. The number of benzene rings is 1. The van der Waals surface area contributed by atoms with E-state index in [1.807, 2.05) is 0 Å². The number of carbonyl (C=O) groups excluding carboxylic acids is 2. The van der Waals surface area contributed by atoms with Crippen LogP contribution >= 0.6 is 23.2 Å². The summed E-state index contributed by atoms with van der Waals surface area (Å²) in [6.07, 6.45) is 5.68. The fourth-order valence-corrected chi connectivity index (χ4v) is 3.22. The molecule has 3 rings (SSSR count). The standard InChI is InChI=1S/C16H14Cl2N4O2/c17-10-6-11(18)8-12(7-10)21-15(23)14-2-1-5-22(14)16(24)13-9-19-3-4-20-13/h3-4,6-9,14H,1-2,5H2,(H,21,23). The van der Waals surface area contributed by atoms with Gasteiger partial charge in [0.1, 0.15) is 11.7 Å². The van der Waals surface area contributed by atoms with E-state index in [9.17, 15) is 9.59 Å². The molecule has 2 heterocycles. The molecule has 1 aliphatic heterocycles. The topological polar surface area (TPSA) is 75.2 Å². The molecule has 1 N–H and O–H groups in total. The van der Waals surface area contributed by atoms with E-state index >= 15 is 0 Å². The quantitative estimate of drug-likeness (QED) is 0.907. The second-order valence-electron chi connectivity index (χ2n) is 5.39. The first-order valence-electron chi connectivity index (χ1n) is 7.38. The fourth-order valence-electron chi connectivity index (χ4n) is 2.69. The van der Waals surface area contributed by atoms with E-state index in [4.69, 9.17) is 23.2 Å². The Kier molecular flexibility index (Phi) is 4.97. The molecule has 2 amide bonds. The number of amides is 2. The lowest BCUT2D eigenvalue weighted by Gasteiger charge is -2.23. The third kappa shape index (κ3) is 3.66. The second kappa shape index (κ2) is 7.15. The Morgan fingerprint density at radius 2 is 1.92 bits per heavy atom. The van der Waals surface area contributed by atoms with Gasteiger partial charge >= 0.3 is 0 Å². The highest BCUT2D eigenvalue weighted by molar-refractivity contribution is 6.35. The van der Waals surface area contributed by atoms with Crippen LogP contribution < -0.4 is 5.32 Å². The molecule has 8 heteroatoms. The van der Waals surface area contributed by atoms with Crippen molar-refractivity contribution >= 4 is 40.7 Å². The Balaban J connectivity index is 1.75. The molecule has 0 aliphatic carbocycles. The molecule has 0 radical (unpaired) electrons. The first-order chi connectivity index (χ1) is 11.5. The highest BCUT2D eigenvalue weighted by Crippen LogP contribution is 2.25. The minimum absolute atomic E-state index is 0.225. The van der Waals surface area contributed by atoms with Gasteiger partial charge in [0.25, 0.3) is 5.91 Å². The number of hydrogen-bond donors (Lipinski definition) is 1. The number of carbonyl (C=O) groups is 2. The van der Waals surface area contributed by atoms with Crippen molar-refractivity contribution < 1.29 is 9.59 Å². The molecule has 124 valence electrons. The summed E-state index contributed by atoms with van der Waals surface area (Å²) in [4.78, 5) is 34.5. The van der Waals surface area contributed by atoms with Gasteiger partial charge in [0.15, 0.2) is 0 Å². The molecule has 1 saturated heterocycles. The molecule has 24 heavy (non-hydrogen) atoms. The third-order valence-electron chi connectivity index (χ3n) is 3.73. The van der Waals surface area contributed by atoms with E-state index < -0.39 is 6.04 Å². The zero-order chi connectivity index (χ0) is 17.1. The lowest BCUT2D eigenvalue weighted by molar-refractivity contribution is -0.119. The first-order valence-corrected chi connectivity index (χ1v) is 8.14. The minimum atomic E-state index is -0.558. The summed E-state index contributed by atoms with van der Waals surface area (Å²) in [7, 11) is 0. The number of rotatable bonds is 3. The van der Waals surface area contributed by atoms with E-state index in [0.29, 0.717) is 28.7 Å². The van der Waals surface area contributed by atoms with Crippen LogP contribution in [0.25, 0.3) is 0 Å². The van der Waals surface area contributed by atoms with Gasteiger partial charge in [0, 0.05) is 34.7 Å². The summed E-state index contributed by atoms with van der Waals surface area (Å²) in [6, 6.07) is 4.24. The summed E-state index contributed by atoms with van der Waals surface area (Å²) in [5.41, 5.74) is 0.722. The molecule has 2 aromatic rings. The second-order valence-corrected chi connectivity index (χ2v) is 6.27. The van der Waals surface area contributed by atoms with Gasteiger partial charge < -0.3 is 10.2 Å². The predicted octanol–water partition coefficient (Wildman–Crippen LogP) is 3.03. The molecule has 1 atom stereocenters. The maximum Gasteiger partial charge on any atom is 0.274 e.